The molecule has 0 saturated carbocycles. The number of carbonyl (C=O) groups is 4. The first kappa shape index (κ1) is 67.9. The third-order valence-corrected chi connectivity index (χ3v) is 17.6. The second-order valence-corrected chi connectivity index (χ2v) is 24.4. The fraction of sp³-hybridized carbons (Fsp3) is 0.211. The summed E-state index contributed by atoms with van der Waals surface area (Å²) in [5, 5.41) is 58.1. The zero-order valence-electron chi connectivity index (χ0n) is 48.3. The van der Waals surface area contributed by atoms with Gasteiger partial charge in [-0.15, -0.1) is 43.1 Å². The molecule has 26 nitrogen and oxygen atoms in total. The average molecular weight is 1320 g/mol. The first-order valence-electron chi connectivity index (χ1n) is 26.7. The molecule has 0 bridgehead atoms. The van der Waals surface area contributed by atoms with E-state index in [1.807, 2.05) is 37.5 Å². The summed E-state index contributed by atoms with van der Waals surface area (Å²) in [6, 6.07) is 22.8. The summed E-state index contributed by atoms with van der Waals surface area (Å²) in [5.41, 5.74) is -0.892. The highest BCUT2D eigenvalue weighted by Crippen LogP contribution is 2.44. The molecule has 0 spiro atoms. The maximum absolute atomic E-state index is 14.0. The number of amides is 2. The number of aliphatic hydroxyl groups excluding tert-OH is 1. The number of hydrogen-bond donors (Lipinski definition) is 7. The molecule has 2 amide bonds. The molecular formula is C57H53F2N15O11S5. The summed E-state index contributed by atoms with van der Waals surface area (Å²) < 4.78 is 101. The van der Waals surface area contributed by atoms with Gasteiger partial charge in [-0.05, 0) is 126 Å². The van der Waals surface area contributed by atoms with Gasteiger partial charge in [0.2, 0.25) is 11.9 Å². The van der Waals surface area contributed by atoms with Gasteiger partial charge in [0.15, 0.2) is 26.7 Å². The van der Waals surface area contributed by atoms with Crippen LogP contribution in [-0.2, 0) is 39.4 Å². The van der Waals surface area contributed by atoms with E-state index in [-0.39, 0.29) is 73.5 Å². The number of thiophene rings is 2. The zero-order valence-corrected chi connectivity index (χ0v) is 52.4. The lowest BCUT2D eigenvalue weighted by Crippen LogP contribution is -2.21. The van der Waals surface area contributed by atoms with Crippen molar-refractivity contribution in [2.45, 2.75) is 56.5 Å². The highest BCUT2D eigenvalue weighted by atomic mass is 32.2. The van der Waals surface area contributed by atoms with Crippen LogP contribution in [0.5, 0.6) is 0 Å². The van der Waals surface area contributed by atoms with Crippen LogP contribution in [0.1, 0.15) is 62.4 Å². The smallest absolute Gasteiger partial charge is 0.297 e. The van der Waals surface area contributed by atoms with Crippen LogP contribution in [0.25, 0.3) is 12.2 Å². The molecule has 466 valence electrons. The number of Topliss-reactive ketones (excluding diaryl/α,β-unsaturated/α-hetero) is 2. The van der Waals surface area contributed by atoms with Crippen molar-refractivity contribution in [2.75, 3.05) is 69.6 Å². The molecule has 90 heavy (non-hydrogen) atoms. The number of nitrogens with zero attached hydrogens (tertiary/aromatic N) is 11. The van der Waals surface area contributed by atoms with Crippen LogP contribution in [0.15, 0.2) is 131 Å². The molecule has 0 aliphatic rings. The maximum atomic E-state index is 14.0. The van der Waals surface area contributed by atoms with Crippen LogP contribution in [-0.4, -0.2) is 108 Å². The largest absolute Gasteiger partial charge is 0.396 e. The quantitative estimate of drug-likeness (QED) is 0.00628. The lowest BCUT2D eigenvalue weighted by molar-refractivity contribution is -0.120. The van der Waals surface area contributed by atoms with Crippen LogP contribution in [0.2, 0.25) is 0 Å². The lowest BCUT2D eigenvalue weighted by Gasteiger charge is -2.22. The van der Waals surface area contributed by atoms with Gasteiger partial charge in [0, 0.05) is 54.7 Å². The summed E-state index contributed by atoms with van der Waals surface area (Å²) in [6.07, 6.45) is 1.70. The number of aliphatic hydroxyl groups is 1. The first-order chi connectivity index (χ1) is 42.8. The zero-order chi connectivity index (χ0) is 65.6. The number of nitriles is 2. The lowest BCUT2D eigenvalue weighted by atomic mass is 10.1. The molecule has 33 heteroatoms. The van der Waals surface area contributed by atoms with Crippen molar-refractivity contribution in [1.82, 2.24) is 15.0 Å². The van der Waals surface area contributed by atoms with Crippen LogP contribution >= 0.6 is 34.4 Å². The van der Waals surface area contributed by atoms with Gasteiger partial charge >= 0.3 is 0 Å². The van der Waals surface area contributed by atoms with Crippen LogP contribution < -0.4 is 31.1 Å². The van der Waals surface area contributed by atoms with E-state index in [2.05, 4.69) is 56.7 Å². The number of azo groups is 2. The molecule has 7 rings (SSSR count). The molecule has 0 fully saturated rings. The van der Waals surface area contributed by atoms with E-state index in [9.17, 15) is 69.5 Å². The highest BCUT2D eigenvalue weighted by molar-refractivity contribution is 7.99. The number of nitrogens with one attached hydrogen (secondary N) is 4. The molecule has 7 N–H and O–H groups in total. The molecule has 0 aliphatic carbocycles. The van der Waals surface area contributed by atoms with E-state index in [1.165, 1.54) is 24.3 Å². The Labute approximate surface area is 526 Å². The van der Waals surface area contributed by atoms with Gasteiger partial charge in [0.25, 0.3) is 32.1 Å². The van der Waals surface area contributed by atoms with Crippen molar-refractivity contribution >= 4 is 158 Å². The SMILES string of the molecule is CCN(CC)c1ccc(N=Nc2sc(/C=C(/C(C)=O)C(=O)Nc3cccc(F)c3)c(S(=O)(=O)O)c2C#N)c(Nc2nc(Nc3cc(N(CC)CC)ccc3N=Nc3sc(/C=C(\C(C)=O)C(=O)Nc4cccc(F)c4)c(S(=O)(=O)O)c3C#N)nc(SCCO)n2)c1. The molecule has 0 radical (unpaired) electrons. The summed E-state index contributed by atoms with van der Waals surface area (Å²) in [6.45, 7) is 11.6. The normalized spacial score (nSPS) is 12.0. The van der Waals surface area contributed by atoms with Gasteiger partial charge in [-0.1, -0.05) is 23.9 Å². The number of ketones is 2. The third kappa shape index (κ3) is 17.0. The number of anilines is 8. The van der Waals surface area contributed by atoms with E-state index < -0.39 is 97.1 Å². The monoisotopic (exact) mass is 1320 g/mol. The molecule has 7 aromatic rings. The number of aromatic nitrogens is 3. The molecule has 0 saturated heterocycles. The third-order valence-electron chi connectivity index (χ3n) is 12.6. The minimum Gasteiger partial charge on any atom is -0.396 e. The van der Waals surface area contributed by atoms with E-state index in [1.54, 1.807) is 48.5 Å². The molecule has 4 aromatic carbocycles. The van der Waals surface area contributed by atoms with Crippen LogP contribution in [0.3, 0.4) is 0 Å². The molecule has 3 heterocycles. The average Bonchev–Trinajstić information content (AvgIpc) is 1.69. The first-order valence-corrected chi connectivity index (χ1v) is 32.2. The van der Waals surface area contributed by atoms with Crippen molar-refractivity contribution in [2.24, 2.45) is 20.5 Å². The fourth-order valence-electron chi connectivity index (χ4n) is 8.43. The van der Waals surface area contributed by atoms with Gasteiger partial charge in [0.05, 0.1) is 38.9 Å². The number of rotatable bonds is 27. The molecule has 3 aromatic heterocycles. The Morgan fingerprint density at radius 2 is 1.02 bits per heavy atom. The van der Waals surface area contributed by atoms with Gasteiger partial charge < -0.3 is 36.2 Å². The summed E-state index contributed by atoms with van der Waals surface area (Å²) in [5.74, 6) is -5.38. The number of benzene rings is 4. The number of thioether (sulfide) groups is 1. The van der Waals surface area contributed by atoms with Gasteiger partial charge in [0.1, 0.15) is 56.1 Å². The summed E-state index contributed by atoms with van der Waals surface area (Å²) in [4.78, 5) is 67.4. The second kappa shape index (κ2) is 30.1. The van der Waals surface area contributed by atoms with Crippen molar-refractivity contribution in [1.29, 1.82) is 10.5 Å². The van der Waals surface area contributed by atoms with Gasteiger partial charge in [-0.2, -0.15) is 42.3 Å². The Balaban J connectivity index is 1.32. The standard InChI is InChI=1S/C57H53F2N15O11S5/c1-7-73(8-2)37-17-19-43(69-71-53-41(29-60)49(89(80,81)82)47(87-53)27-39(31(5)76)51(78)62-35-15-11-13-33(58)23-35)45(25-37)64-55-66-56(68-57(67-55)86-22-21-75)65-46-26-38(74(9-3)10-4)18-20-44(46)70-72-54-42(30-61)50(90(83,84)85)48(88-54)28-40(32(6)77)52(79)63-36-16-12-14-34(59)24-36/h11-20,23-28,75H,7-10,21-22H2,1-6H3,(H,62,78)(H,63,79)(H,80,81,82)(H,83,84,85)(H2,64,65,66,67,68)/b39-27-,40-28+,71-69?,72-70?. The van der Waals surface area contributed by atoms with E-state index in [0.29, 0.717) is 60.2 Å². The molecule has 0 aliphatic heterocycles. The molecule has 0 atom stereocenters. The Morgan fingerprint density at radius 1 is 0.622 bits per heavy atom. The summed E-state index contributed by atoms with van der Waals surface area (Å²) in [7, 11) is -10.5. The number of carbonyl (C=O) groups excluding carboxylic acids is 4. The topological polar surface area (TPSA) is 388 Å². The Hall–Kier alpha value is -9.58. The van der Waals surface area contributed by atoms with E-state index in [0.717, 1.165) is 62.0 Å². The minimum atomic E-state index is -5.26. The van der Waals surface area contributed by atoms with Gasteiger partial charge in [-0.25, -0.2) is 8.78 Å². The Morgan fingerprint density at radius 3 is 1.36 bits per heavy atom. The van der Waals surface area contributed by atoms with Crippen molar-refractivity contribution < 1.29 is 59.0 Å². The molecular weight excluding hydrogens is 1270 g/mol. The predicted molar refractivity (Wildman–Crippen MR) is 338 cm³/mol. The van der Waals surface area contributed by atoms with E-state index >= 15 is 0 Å². The molecule has 0 unspecified atom stereocenters. The number of hydrogen-bond acceptors (Lipinski definition) is 25. The maximum Gasteiger partial charge on any atom is 0.297 e. The van der Waals surface area contributed by atoms with E-state index in [4.69, 9.17) is 0 Å². The minimum absolute atomic E-state index is 0.0330. The van der Waals surface area contributed by atoms with Crippen molar-refractivity contribution in [3.05, 3.63) is 129 Å². The van der Waals surface area contributed by atoms with Crippen molar-refractivity contribution in [3.63, 3.8) is 0 Å². The Kier molecular flexibility index (Phi) is 22.7. The summed E-state index contributed by atoms with van der Waals surface area (Å²) >= 11 is 2.04. The Bertz CT molecular complexity index is 4130. The van der Waals surface area contributed by atoms with Crippen LogP contribution in [0.4, 0.5) is 76.2 Å². The van der Waals surface area contributed by atoms with Gasteiger partial charge in [-0.3, -0.25) is 28.3 Å². The van der Waals surface area contributed by atoms with Crippen molar-refractivity contribution in [3.8, 4) is 12.1 Å². The number of halogens is 2. The fourth-order valence-corrected chi connectivity index (χ4v) is 13.3. The predicted octanol–water partition coefficient (Wildman–Crippen LogP) is 11.8. The second-order valence-electron chi connectivity index (χ2n) is 18.5. The highest BCUT2D eigenvalue weighted by Gasteiger charge is 2.31. The van der Waals surface area contributed by atoms with Crippen LogP contribution in [0, 0.1) is 34.3 Å².